The molecule has 0 unspecified atom stereocenters. The SMILES string of the molecule is CC(C)=C(C)C1=NCCC(C)(C)N1. The molecule has 74 valence electrons. The van der Waals surface area contributed by atoms with Gasteiger partial charge in [-0.3, -0.25) is 4.99 Å². The van der Waals surface area contributed by atoms with Crippen LogP contribution >= 0.6 is 0 Å². The molecule has 0 radical (unpaired) electrons. The van der Waals surface area contributed by atoms with Gasteiger partial charge in [-0.25, -0.2) is 0 Å². The molecule has 0 bridgehead atoms. The standard InChI is InChI=1S/C11H20N2/c1-8(2)9(3)10-12-7-6-11(4,5)13-10/h6-7H2,1-5H3,(H,12,13). The van der Waals surface area contributed by atoms with Crippen LogP contribution in [0.4, 0.5) is 0 Å². The summed E-state index contributed by atoms with van der Waals surface area (Å²) < 4.78 is 0. The van der Waals surface area contributed by atoms with Crippen LogP contribution in [0.1, 0.15) is 41.0 Å². The van der Waals surface area contributed by atoms with Gasteiger partial charge in [-0.15, -0.1) is 0 Å². The summed E-state index contributed by atoms with van der Waals surface area (Å²) in [6, 6.07) is 0. The fraction of sp³-hybridized carbons (Fsp3) is 0.727. The van der Waals surface area contributed by atoms with Gasteiger partial charge >= 0.3 is 0 Å². The molecule has 1 heterocycles. The quantitative estimate of drug-likeness (QED) is 0.659. The van der Waals surface area contributed by atoms with E-state index in [9.17, 15) is 0 Å². The molecular weight excluding hydrogens is 160 g/mol. The third kappa shape index (κ3) is 2.58. The molecule has 0 fully saturated rings. The van der Waals surface area contributed by atoms with E-state index in [2.05, 4.69) is 44.9 Å². The van der Waals surface area contributed by atoms with Crippen molar-refractivity contribution >= 4 is 5.84 Å². The van der Waals surface area contributed by atoms with Crippen molar-refractivity contribution in [2.45, 2.75) is 46.6 Å². The van der Waals surface area contributed by atoms with E-state index in [1.807, 2.05) is 0 Å². The highest BCUT2D eigenvalue weighted by molar-refractivity contribution is 5.99. The highest BCUT2D eigenvalue weighted by atomic mass is 15.1. The summed E-state index contributed by atoms with van der Waals surface area (Å²) in [4.78, 5) is 4.49. The highest BCUT2D eigenvalue weighted by Crippen LogP contribution is 2.16. The van der Waals surface area contributed by atoms with Gasteiger partial charge in [0.05, 0.1) is 0 Å². The fourth-order valence-electron chi connectivity index (χ4n) is 1.32. The minimum atomic E-state index is 0.202. The zero-order valence-corrected chi connectivity index (χ0v) is 9.36. The number of nitrogens with zero attached hydrogens (tertiary/aromatic N) is 1. The van der Waals surface area contributed by atoms with Crippen LogP contribution in [-0.2, 0) is 0 Å². The first-order valence-electron chi connectivity index (χ1n) is 4.89. The van der Waals surface area contributed by atoms with Gasteiger partial charge in [0.15, 0.2) is 0 Å². The van der Waals surface area contributed by atoms with E-state index in [1.165, 1.54) is 11.1 Å². The Labute approximate surface area is 81.1 Å². The average Bonchev–Trinajstić information content (AvgIpc) is 2.01. The third-order valence-corrected chi connectivity index (χ3v) is 2.57. The summed E-state index contributed by atoms with van der Waals surface area (Å²) in [5, 5.41) is 3.47. The van der Waals surface area contributed by atoms with Crippen molar-refractivity contribution in [2.24, 2.45) is 4.99 Å². The van der Waals surface area contributed by atoms with Crippen LogP contribution in [0.25, 0.3) is 0 Å². The molecule has 0 aliphatic carbocycles. The van der Waals surface area contributed by atoms with Crippen LogP contribution in [0.3, 0.4) is 0 Å². The number of amidine groups is 1. The van der Waals surface area contributed by atoms with E-state index < -0.39 is 0 Å². The van der Waals surface area contributed by atoms with Crippen molar-refractivity contribution in [3.63, 3.8) is 0 Å². The fourth-order valence-corrected chi connectivity index (χ4v) is 1.32. The molecule has 2 heteroatoms. The molecule has 0 aromatic carbocycles. The number of nitrogens with one attached hydrogen (secondary N) is 1. The predicted molar refractivity (Wildman–Crippen MR) is 58.2 cm³/mol. The van der Waals surface area contributed by atoms with Gasteiger partial charge in [-0.2, -0.15) is 0 Å². The lowest BCUT2D eigenvalue weighted by Gasteiger charge is -2.32. The first kappa shape index (κ1) is 10.3. The van der Waals surface area contributed by atoms with E-state index in [-0.39, 0.29) is 5.54 Å². The summed E-state index contributed by atoms with van der Waals surface area (Å²) in [5.74, 6) is 1.08. The molecule has 0 aromatic rings. The molecule has 0 spiro atoms. The summed E-state index contributed by atoms with van der Waals surface area (Å²) in [5.41, 5.74) is 2.82. The maximum atomic E-state index is 4.49. The molecule has 13 heavy (non-hydrogen) atoms. The van der Waals surface area contributed by atoms with Crippen LogP contribution < -0.4 is 5.32 Å². The van der Waals surface area contributed by atoms with Gasteiger partial charge in [0.25, 0.3) is 0 Å². The Morgan fingerprint density at radius 3 is 2.38 bits per heavy atom. The number of allylic oxidation sites excluding steroid dienone is 1. The topological polar surface area (TPSA) is 24.4 Å². The summed E-state index contributed by atoms with van der Waals surface area (Å²) in [6.45, 7) is 11.8. The minimum absolute atomic E-state index is 0.202. The number of rotatable bonds is 1. The number of aliphatic imine (C=N–C) groups is 1. The Morgan fingerprint density at radius 1 is 1.31 bits per heavy atom. The number of hydrogen-bond donors (Lipinski definition) is 1. The lowest BCUT2D eigenvalue weighted by molar-refractivity contribution is 0.415. The zero-order valence-electron chi connectivity index (χ0n) is 9.36. The molecule has 0 saturated heterocycles. The largest absolute Gasteiger partial charge is 0.365 e. The van der Waals surface area contributed by atoms with Crippen molar-refractivity contribution in [3.8, 4) is 0 Å². The van der Waals surface area contributed by atoms with Gasteiger partial charge < -0.3 is 5.32 Å². The second-order valence-electron chi connectivity index (χ2n) is 4.61. The molecule has 0 amide bonds. The molecule has 2 nitrogen and oxygen atoms in total. The van der Waals surface area contributed by atoms with Crippen molar-refractivity contribution in [3.05, 3.63) is 11.1 Å². The maximum Gasteiger partial charge on any atom is 0.124 e. The van der Waals surface area contributed by atoms with E-state index in [1.54, 1.807) is 0 Å². The molecule has 0 aromatic heterocycles. The average molecular weight is 180 g/mol. The Balaban J connectivity index is 2.84. The van der Waals surface area contributed by atoms with Gasteiger partial charge in [0.2, 0.25) is 0 Å². The Kier molecular flexibility index (Phi) is 2.79. The minimum Gasteiger partial charge on any atom is -0.365 e. The van der Waals surface area contributed by atoms with E-state index in [0.29, 0.717) is 0 Å². The summed E-state index contributed by atoms with van der Waals surface area (Å²) >= 11 is 0. The van der Waals surface area contributed by atoms with Gasteiger partial charge in [-0.05, 0) is 46.6 Å². The van der Waals surface area contributed by atoms with Crippen molar-refractivity contribution in [2.75, 3.05) is 6.54 Å². The molecule has 0 atom stereocenters. The normalized spacial score (nSPS) is 20.2. The smallest absolute Gasteiger partial charge is 0.124 e. The second-order valence-corrected chi connectivity index (χ2v) is 4.61. The molecule has 1 aliphatic rings. The monoisotopic (exact) mass is 180 g/mol. The van der Waals surface area contributed by atoms with Gasteiger partial charge in [0, 0.05) is 12.1 Å². The molecule has 1 aliphatic heterocycles. The van der Waals surface area contributed by atoms with Crippen LogP contribution in [0.15, 0.2) is 16.1 Å². The second kappa shape index (κ2) is 3.52. The third-order valence-electron chi connectivity index (χ3n) is 2.57. The van der Waals surface area contributed by atoms with Crippen molar-refractivity contribution in [1.82, 2.24) is 5.32 Å². The lowest BCUT2D eigenvalue weighted by atomic mass is 9.97. The van der Waals surface area contributed by atoms with Crippen molar-refractivity contribution < 1.29 is 0 Å². The van der Waals surface area contributed by atoms with Gasteiger partial charge in [0.1, 0.15) is 5.84 Å². The van der Waals surface area contributed by atoms with Crippen LogP contribution in [0.2, 0.25) is 0 Å². The van der Waals surface area contributed by atoms with Crippen LogP contribution in [0.5, 0.6) is 0 Å². The molecule has 1 N–H and O–H groups in total. The number of hydrogen-bond acceptors (Lipinski definition) is 2. The van der Waals surface area contributed by atoms with E-state index >= 15 is 0 Å². The van der Waals surface area contributed by atoms with Crippen LogP contribution in [-0.4, -0.2) is 17.9 Å². The van der Waals surface area contributed by atoms with Crippen LogP contribution in [0, 0.1) is 0 Å². The summed E-state index contributed by atoms with van der Waals surface area (Å²) in [7, 11) is 0. The van der Waals surface area contributed by atoms with E-state index in [0.717, 1.165) is 18.8 Å². The summed E-state index contributed by atoms with van der Waals surface area (Å²) in [6.07, 6.45) is 1.12. The maximum absolute atomic E-state index is 4.49. The predicted octanol–water partition coefficient (Wildman–Crippen LogP) is 2.51. The Hall–Kier alpha value is -0.790. The lowest BCUT2D eigenvalue weighted by Crippen LogP contribution is -2.47. The zero-order chi connectivity index (χ0) is 10.1. The molecule has 0 saturated carbocycles. The first-order chi connectivity index (χ1) is 5.92. The molecule has 1 rings (SSSR count). The van der Waals surface area contributed by atoms with E-state index in [4.69, 9.17) is 0 Å². The highest BCUT2D eigenvalue weighted by Gasteiger charge is 2.23. The van der Waals surface area contributed by atoms with Crippen molar-refractivity contribution in [1.29, 1.82) is 0 Å². The molecular formula is C11H20N2. The Bertz CT molecular complexity index is 255. The van der Waals surface area contributed by atoms with Gasteiger partial charge in [-0.1, -0.05) is 5.57 Å². The first-order valence-corrected chi connectivity index (χ1v) is 4.89. The Morgan fingerprint density at radius 2 is 1.92 bits per heavy atom.